The number of guanidine groups is 1. The second kappa shape index (κ2) is 6.77. The van der Waals surface area contributed by atoms with E-state index in [2.05, 4.69) is 63.3 Å². The summed E-state index contributed by atoms with van der Waals surface area (Å²) in [7, 11) is 0. The summed E-state index contributed by atoms with van der Waals surface area (Å²) in [6.45, 7) is 19.3. The molecule has 0 aromatic rings. The number of nitrogens with zero attached hydrogens (tertiary/aromatic N) is 3. The minimum atomic E-state index is 0.130. The third kappa shape index (κ3) is 4.03. The van der Waals surface area contributed by atoms with Gasteiger partial charge in [0.2, 0.25) is 0 Å². The molecule has 96 valence electrons. The van der Waals surface area contributed by atoms with Crippen LogP contribution >= 0.6 is 0 Å². The van der Waals surface area contributed by atoms with Gasteiger partial charge in [0.05, 0.1) is 0 Å². The van der Waals surface area contributed by atoms with E-state index < -0.39 is 0 Å². The fraction of sp³-hybridized carbons (Fsp3) is 0.923. The highest BCUT2D eigenvalue weighted by atomic mass is 15.4. The van der Waals surface area contributed by atoms with Gasteiger partial charge in [0.25, 0.3) is 0 Å². The van der Waals surface area contributed by atoms with Gasteiger partial charge in [-0.1, -0.05) is 0 Å². The fourth-order valence-electron chi connectivity index (χ4n) is 1.92. The van der Waals surface area contributed by atoms with E-state index in [0.717, 1.165) is 32.1 Å². The zero-order valence-corrected chi connectivity index (χ0v) is 12.2. The first kappa shape index (κ1) is 15.3. The van der Waals surface area contributed by atoms with E-state index in [0.29, 0.717) is 0 Å². The van der Waals surface area contributed by atoms with Crippen molar-refractivity contribution in [2.24, 2.45) is 4.99 Å². The van der Waals surface area contributed by atoms with Crippen LogP contribution in [0.25, 0.3) is 0 Å². The topological polar surface area (TPSA) is 18.8 Å². The third-order valence-corrected chi connectivity index (χ3v) is 2.71. The monoisotopic (exact) mass is 227 g/mol. The van der Waals surface area contributed by atoms with E-state index >= 15 is 0 Å². The Morgan fingerprint density at radius 3 is 1.69 bits per heavy atom. The SMILES string of the molecule is CCN=C(N(CC)CC)N(CC)C(C)(C)C. The van der Waals surface area contributed by atoms with Crippen LogP contribution in [0, 0.1) is 0 Å². The van der Waals surface area contributed by atoms with Gasteiger partial charge in [-0.25, -0.2) is 0 Å². The molecule has 0 spiro atoms. The zero-order chi connectivity index (χ0) is 12.8. The first-order valence-electron chi connectivity index (χ1n) is 6.49. The number of hydrogen-bond donors (Lipinski definition) is 0. The van der Waals surface area contributed by atoms with Gasteiger partial charge >= 0.3 is 0 Å². The molecule has 0 bridgehead atoms. The number of rotatable bonds is 4. The Hall–Kier alpha value is -0.730. The molecule has 0 aromatic carbocycles. The lowest BCUT2D eigenvalue weighted by molar-refractivity contribution is 0.212. The Labute approximate surface area is 102 Å². The van der Waals surface area contributed by atoms with Crippen LogP contribution in [0.4, 0.5) is 0 Å². The van der Waals surface area contributed by atoms with Crippen molar-refractivity contribution in [3.63, 3.8) is 0 Å². The molecule has 16 heavy (non-hydrogen) atoms. The molecule has 0 atom stereocenters. The molecule has 0 aliphatic rings. The Morgan fingerprint density at radius 1 is 0.938 bits per heavy atom. The van der Waals surface area contributed by atoms with Gasteiger partial charge in [0.15, 0.2) is 5.96 Å². The van der Waals surface area contributed by atoms with Crippen LogP contribution in [-0.2, 0) is 0 Å². The molecule has 0 rings (SSSR count). The lowest BCUT2D eigenvalue weighted by Crippen LogP contribution is -2.52. The van der Waals surface area contributed by atoms with Crippen molar-refractivity contribution in [3.05, 3.63) is 0 Å². The smallest absolute Gasteiger partial charge is 0.196 e. The quantitative estimate of drug-likeness (QED) is 0.543. The highest BCUT2D eigenvalue weighted by Crippen LogP contribution is 2.15. The summed E-state index contributed by atoms with van der Waals surface area (Å²) < 4.78 is 0. The molecule has 0 aliphatic carbocycles. The van der Waals surface area contributed by atoms with Crippen molar-refractivity contribution < 1.29 is 0 Å². The molecule has 0 heterocycles. The van der Waals surface area contributed by atoms with Crippen LogP contribution in [0.15, 0.2) is 4.99 Å². The maximum atomic E-state index is 4.67. The first-order chi connectivity index (χ1) is 7.42. The molecule has 0 saturated carbocycles. The second-order valence-corrected chi connectivity index (χ2v) is 4.86. The molecule has 0 N–H and O–H groups in total. The zero-order valence-electron chi connectivity index (χ0n) is 12.2. The van der Waals surface area contributed by atoms with Gasteiger partial charge in [0.1, 0.15) is 0 Å². The molecule has 3 nitrogen and oxygen atoms in total. The fourth-order valence-corrected chi connectivity index (χ4v) is 1.92. The predicted octanol–water partition coefficient (Wildman–Crippen LogP) is 2.82. The predicted molar refractivity (Wildman–Crippen MR) is 73.0 cm³/mol. The average molecular weight is 227 g/mol. The maximum Gasteiger partial charge on any atom is 0.196 e. The standard InChI is InChI=1S/C13H29N3/c1-8-14-12(15(9-2)10-3)16(11-4)13(5,6)7/h8-11H2,1-7H3. The summed E-state index contributed by atoms with van der Waals surface area (Å²) in [6.07, 6.45) is 0. The van der Waals surface area contributed by atoms with Crippen LogP contribution in [0.3, 0.4) is 0 Å². The molecule has 0 aromatic heterocycles. The second-order valence-electron chi connectivity index (χ2n) is 4.86. The Bertz CT molecular complexity index is 212. The normalized spacial score (nSPS) is 12.8. The van der Waals surface area contributed by atoms with Crippen molar-refractivity contribution in [1.82, 2.24) is 9.80 Å². The molecule has 0 radical (unpaired) electrons. The van der Waals surface area contributed by atoms with E-state index in [9.17, 15) is 0 Å². The molecule has 0 aliphatic heterocycles. The van der Waals surface area contributed by atoms with Crippen molar-refractivity contribution in [2.45, 2.75) is 54.0 Å². The minimum absolute atomic E-state index is 0.130. The molecule has 0 saturated heterocycles. The van der Waals surface area contributed by atoms with Crippen LogP contribution in [0.2, 0.25) is 0 Å². The van der Waals surface area contributed by atoms with Crippen LogP contribution < -0.4 is 0 Å². The lowest BCUT2D eigenvalue weighted by atomic mass is 10.1. The van der Waals surface area contributed by atoms with Crippen LogP contribution in [0.1, 0.15) is 48.5 Å². The van der Waals surface area contributed by atoms with Crippen molar-refractivity contribution in [1.29, 1.82) is 0 Å². The van der Waals surface area contributed by atoms with Crippen molar-refractivity contribution in [2.75, 3.05) is 26.2 Å². The van der Waals surface area contributed by atoms with Gasteiger partial charge in [0, 0.05) is 31.7 Å². The molecular formula is C13H29N3. The molecule has 0 unspecified atom stereocenters. The number of aliphatic imine (C=N–C) groups is 1. The Morgan fingerprint density at radius 2 is 1.44 bits per heavy atom. The highest BCUT2D eigenvalue weighted by Gasteiger charge is 2.25. The molecule has 0 fully saturated rings. The van der Waals surface area contributed by atoms with Crippen LogP contribution in [-0.4, -0.2) is 47.5 Å². The Kier molecular flexibility index (Phi) is 6.46. The van der Waals surface area contributed by atoms with Crippen molar-refractivity contribution in [3.8, 4) is 0 Å². The lowest BCUT2D eigenvalue weighted by Gasteiger charge is -2.41. The van der Waals surface area contributed by atoms with Crippen LogP contribution in [0.5, 0.6) is 0 Å². The molecule has 0 amide bonds. The third-order valence-electron chi connectivity index (χ3n) is 2.71. The van der Waals surface area contributed by atoms with E-state index in [1.165, 1.54) is 0 Å². The summed E-state index contributed by atoms with van der Waals surface area (Å²) >= 11 is 0. The van der Waals surface area contributed by atoms with Gasteiger partial charge in [-0.2, -0.15) is 0 Å². The summed E-state index contributed by atoms with van der Waals surface area (Å²) in [5.41, 5.74) is 0.130. The van der Waals surface area contributed by atoms with E-state index in [1.54, 1.807) is 0 Å². The van der Waals surface area contributed by atoms with Crippen molar-refractivity contribution >= 4 is 5.96 Å². The largest absolute Gasteiger partial charge is 0.343 e. The number of hydrogen-bond acceptors (Lipinski definition) is 1. The summed E-state index contributed by atoms with van der Waals surface area (Å²) in [5.74, 6) is 1.14. The average Bonchev–Trinajstić information content (AvgIpc) is 2.18. The van der Waals surface area contributed by atoms with Gasteiger partial charge in [-0.05, 0) is 48.5 Å². The molecule has 3 heteroatoms. The highest BCUT2D eigenvalue weighted by molar-refractivity contribution is 5.80. The Balaban J connectivity index is 5.09. The van der Waals surface area contributed by atoms with Gasteiger partial charge < -0.3 is 9.80 Å². The summed E-state index contributed by atoms with van der Waals surface area (Å²) in [5, 5.41) is 0. The molecular weight excluding hydrogens is 198 g/mol. The summed E-state index contributed by atoms with van der Waals surface area (Å²) in [4.78, 5) is 9.38. The summed E-state index contributed by atoms with van der Waals surface area (Å²) in [6, 6.07) is 0. The van der Waals surface area contributed by atoms with E-state index in [4.69, 9.17) is 0 Å². The van der Waals surface area contributed by atoms with E-state index in [1.807, 2.05) is 0 Å². The van der Waals surface area contributed by atoms with E-state index in [-0.39, 0.29) is 5.54 Å². The first-order valence-corrected chi connectivity index (χ1v) is 6.49. The van der Waals surface area contributed by atoms with Gasteiger partial charge in [-0.3, -0.25) is 4.99 Å². The maximum absolute atomic E-state index is 4.67. The minimum Gasteiger partial charge on any atom is -0.343 e. The van der Waals surface area contributed by atoms with Gasteiger partial charge in [-0.15, -0.1) is 0 Å².